The van der Waals surface area contributed by atoms with E-state index in [4.69, 9.17) is 14.5 Å². The minimum Gasteiger partial charge on any atom is -0.349 e. The van der Waals surface area contributed by atoms with E-state index in [2.05, 4.69) is 15.0 Å². The Bertz CT molecular complexity index is 1490. The van der Waals surface area contributed by atoms with Gasteiger partial charge in [-0.2, -0.15) is 0 Å². The number of fused-ring (bicyclic) bond motifs is 3. The van der Waals surface area contributed by atoms with Crippen molar-refractivity contribution in [3.8, 4) is 0 Å². The fourth-order valence-electron chi connectivity index (χ4n) is 3.96. The minimum absolute atomic E-state index is 0.0644. The van der Waals surface area contributed by atoms with Gasteiger partial charge in [0.25, 0.3) is 0 Å². The van der Waals surface area contributed by atoms with Gasteiger partial charge in [-0.15, -0.1) is 0 Å². The highest BCUT2D eigenvalue weighted by atomic mass is 17.2. The zero-order chi connectivity index (χ0) is 25.4. The molecule has 0 bridgehead atoms. The number of H-pyrrole nitrogens is 3. The van der Waals surface area contributed by atoms with Gasteiger partial charge in [-0.05, 0) is 36.4 Å². The summed E-state index contributed by atoms with van der Waals surface area (Å²) < 4.78 is 0. The van der Waals surface area contributed by atoms with Crippen molar-refractivity contribution in [1.29, 1.82) is 0 Å². The number of carbonyl (C=O) groups is 3. The summed E-state index contributed by atoms with van der Waals surface area (Å²) in [4.78, 5) is 62.7. The molecule has 0 radical (unpaired) electrons. The molecule has 6 rings (SSSR count). The molecule has 182 valence electrons. The first-order chi connectivity index (χ1) is 18.0. The van der Waals surface area contributed by atoms with Crippen LogP contribution < -0.4 is 0 Å². The van der Waals surface area contributed by atoms with E-state index in [0.717, 1.165) is 16.2 Å². The van der Waals surface area contributed by atoms with Crippen LogP contribution in [0.4, 0.5) is 0 Å². The van der Waals surface area contributed by atoms with Crippen LogP contribution in [-0.2, 0) is 14.5 Å². The number of hydrogen-bond acceptors (Lipinski definition) is 7. The molecular weight excluding hydrogens is 476 g/mol. The van der Waals surface area contributed by atoms with E-state index in [1.807, 2.05) is 54.6 Å². The number of benzene rings is 3. The first-order valence-electron chi connectivity index (χ1n) is 11.2. The molecule has 3 N–H and O–H groups in total. The van der Waals surface area contributed by atoms with Crippen LogP contribution in [0.25, 0.3) is 32.7 Å². The van der Waals surface area contributed by atoms with Crippen LogP contribution in [0.3, 0.4) is 0 Å². The van der Waals surface area contributed by atoms with Gasteiger partial charge in [0.1, 0.15) is 17.1 Å². The summed E-state index contributed by atoms with van der Waals surface area (Å²) in [6.45, 7) is 0. The number of aromatic amines is 3. The highest BCUT2D eigenvalue weighted by Crippen LogP contribution is 2.20. The third kappa shape index (κ3) is 4.40. The van der Waals surface area contributed by atoms with Crippen molar-refractivity contribution in [1.82, 2.24) is 20.3 Å². The number of nitrogens with zero attached hydrogens (tertiary/aromatic N) is 1. The second kappa shape index (κ2) is 9.02. The van der Waals surface area contributed by atoms with Crippen molar-refractivity contribution in [2.75, 3.05) is 0 Å². The SMILES string of the molecule is O=C(ON(OC(=O)c1cc2ccccc2[nH]1)OC(=O)c1cc2ccccc2[nH]1)c1cc2ccccc2[nH]1. The molecule has 0 saturated carbocycles. The van der Waals surface area contributed by atoms with Crippen molar-refractivity contribution >= 4 is 50.6 Å². The van der Waals surface area contributed by atoms with Crippen LogP contribution in [0.2, 0.25) is 0 Å². The molecule has 0 aliphatic heterocycles. The van der Waals surface area contributed by atoms with E-state index >= 15 is 0 Å². The van der Waals surface area contributed by atoms with Gasteiger partial charge in [0.15, 0.2) is 0 Å². The van der Waals surface area contributed by atoms with Crippen molar-refractivity contribution in [3.63, 3.8) is 0 Å². The Kier molecular flexibility index (Phi) is 5.40. The van der Waals surface area contributed by atoms with Crippen molar-refractivity contribution < 1.29 is 28.9 Å². The van der Waals surface area contributed by atoms with Crippen LogP contribution in [0.1, 0.15) is 31.5 Å². The predicted octanol–water partition coefficient (Wildman–Crippen LogP) is 5.05. The van der Waals surface area contributed by atoms with E-state index in [1.165, 1.54) is 0 Å². The third-order valence-corrected chi connectivity index (χ3v) is 5.72. The summed E-state index contributed by atoms with van der Waals surface area (Å²) in [6.07, 6.45) is 0. The number of nitrogens with one attached hydrogen (secondary N) is 3. The summed E-state index contributed by atoms with van der Waals surface area (Å²) in [5.41, 5.74) is 2.29. The molecule has 0 saturated heterocycles. The van der Waals surface area contributed by atoms with Gasteiger partial charge in [-0.3, -0.25) is 14.5 Å². The second-order valence-electron chi connectivity index (χ2n) is 8.17. The topological polar surface area (TPSA) is 130 Å². The summed E-state index contributed by atoms with van der Waals surface area (Å²) in [6, 6.07) is 26.4. The molecule has 0 aliphatic rings. The Balaban J connectivity index is 1.26. The van der Waals surface area contributed by atoms with Crippen LogP contribution >= 0.6 is 0 Å². The molecule has 0 aliphatic carbocycles. The fourth-order valence-corrected chi connectivity index (χ4v) is 3.96. The molecule has 37 heavy (non-hydrogen) atoms. The zero-order valence-electron chi connectivity index (χ0n) is 19.1. The van der Waals surface area contributed by atoms with E-state index < -0.39 is 17.9 Å². The van der Waals surface area contributed by atoms with Gasteiger partial charge < -0.3 is 15.0 Å². The molecule has 0 spiro atoms. The fraction of sp³-hybridized carbons (Fsp3) is 0. The van der Waals surface area contributed by atoms with Gasteiger partial charge in [0.05, 0.1) is 0 Å². The smallest absolute Gasteiger partial charge is 0.349 e. The summed E-state index contributed by atoms with van der Waals surface area (Å²) in [5.74, 6) is -2.82. The Labute approximate surface area is 208 Å². The van der Waals surface area contributed by atoms with Crippen molar-refractivity contribution in [2.45, 2.75) is 0 Å². The molecular formula is C27H18N4O6. The maximum absolute atomic E-state index is 12.8. The predicted molar refractivity (Wildman–Crippen MR) is 133 cm³/mol. The molecule has 10 heteroatoms. The second-order valence-corrected chi connectivity index (χ2v) is 8.17. The van der Waals surface area contributed by atoms with Crippen molar-refractivity contribution in [3.05, 3.63) is 108 Å². The molecule has 0 amide bonds. The van der Waals surface area contributed by atoms with Gasteiger partial charge >= 0.3 is 17.9 Å². The maximum atomic E-state index is 12.8. The highest BCUT2D eigenvalue weighted by Gasteiger charge is 2.27. The van der Waals surface area contributed by atoms with E-state index in [-0.39, 0.29) is 22.5 Å². The molecule has 6 aromatic rings. The van der Waals surface area contributed by atoms with Gasteiger partial charge in [-0.25, -0.2) is 14.4 Å². The number of carbonyl (C=O) groups excluding carboxylic acids is 3. The van der Waals surface area contributed by atoms with Gasteiger partial charge in [0, 0.05) is 32.7 Å². The van der Waals surface area contributed by atoms with Crippen LogP contribution in [0.15, 0.2) is 91.0 Å². The van der Waals surface area contributed by atoms with E-state index in [9.17, 15) is 14.4 Å². The molecule has 0 fully saturated rings. The number of rotatable bonds is 6. The summed E-state index contributed by atoms with van der Waals surface area (Å²) in [7, 11) is 0. The lowest BCUT2D eigenvalue weighted by molar-refractivity contribution is -0.449. The first kappa shape index (κ1) is 22.1. The average molecular weight is 494 g/mol. The average Bonchev–Trinajstić information content (AvgIpc) is 3.64. The summed E-state index contributed by atoms with van der Waals surface area (Å²) >= 11 is 0. The van der Waals surface area contributed by atoms with E-state index in [1.54, 1.807) is 36.4 Å². The Morgan fingerprint density at radius 2 is 0.784 bits per heavy atom. The lowest BCUT2D eigenvalue weighted by Gasteiger charge is -2.16. The third-order valence-electron chi connectivity index (χ3n) is 5.72. The highest BCUT2D eigenvalue weighted by molar-refractivity contribution is 5.97. The van der Waals surface area contributed by atoms with Gasteiger partial charge in [0.2, 0.25) is 5.39 Å². The molecule has 10 nitrogen and oxygen atoms in total. The van der Waals surface area contributed by atoms with Crippen LogP contribution in [-0.4, -0.2) is 38.2 Å². The molecule has 3 heterocycles. The molecule has 3 aromatic carbocycles. The zero-order valence-corrected chi connectivity index (χ0v) is 19.1. The first-order valence-corrected chi connectivity index (χ1v) is 11.2. The largest absolute Gasteiger partial charge is 0.380 e. The number of para-hydroxylation sites is 3. The Morgan fingerprint density at radius 1 is 0.486 bits per heavy atom. The Morgan fingerprint density at radius 3 is 1.08 bits per heavy atom. The van der Waals surface area contributed by atoms with Crippen LogP contribution in [0, 0.1) is 0 Å². The normalized spacial score (nSPS) is 11.3. The molecule has 3 aromatic heterocycles. The molecule has 0 atom stereocenters. The number of aromatic nitrogens is 3. The maximum Gasteiger partial charge on any atom is 0.380 e. The minimum atomic E-state index is -0.940. The summed E-state index contributed by atoms with van der Waals surface area (Å²) in [5, 5.41) is 2.42. The van der Waals surface area contributed by atoms with Gasteiger partial charge in [-0.1, -0.05) is 54.6 Å². The van der Waals surface area contributed by atoms with Crippen LogP contribution in [0.5, 0.6) is 0 Å². The molecule has 0 unspecified atom stereocenters. The monoisotopic (exact) mass is 494 g/mol. The lowest BCUT2D eigenvalue weighted by atomic mass is 10.2. The number of hydrogen-bond donors (Lipinski definition) is 3. The Hall–Kier alpha value is -5.35. The van der Waals surface area contributed by atoms with E-state index in [0.29, 0.717) is 16.6 Å². The quantitative estimate of drug-likeness (QED) is 0.276. The van der Waals surface area contributed by atoms with Crippen molar-refractivity contribution in [2.24, 2.45) is 0 Å². The lowest BCUT2D eigenvalue weighted by Crippen LogP contribution is -2.33. The standard InChI is InChI=1S/C27H18N4O6/c32-25(22-13-16-7-1-4-10-19(16)28-22)35-31(36-26(33)23-14-17-8-2-5-11-20(17)29-23)37-27(34)24-15-18-9-3-6-12-21(18)30-24/h1-15,28-30H.